The van der Waals surface area contributed by atoms with E-state index in [0.29, 0.717) is 11.4 Å². The second kappa shape index (κ2) is 6.24. The summed E-state index contributed by atoms with van der Waals surface area (Å²) in [5.41, 5.74) is 5.73. The van der Waals surface area contributed by atoms with Crippen molar-refractivity contribution in [1.29, 1.82) is 0 Å². The maximum atomic E-state index is 11.7. The van der Waals surface area contributed by atoms with Crippen molar-refractivity contribution >= 4 is 28.2 Å². The number of rotatable bonds is 6. The summed E-state index contributed by atoms with van der Waals surface area (Å²) in [7, 11) is 1.94. The molecule has 94 valence electrons. The van der Waals surface area contributed by atoms with E-state index in [0.717, 1.165) is 18.1 Å². The highest BCUT2D eigenvalue weighted by Crippen LogP contribution is 2.27. The molecule has 6 heteroatoms. The summed E-state index contributed by atoms with van der Waals surface area (Å²) in [4.78, 5) is 18.4. The monoisotopic (exact) mass is 254 g/mol. The molecule has 17 heavy (non-hydrogen) atoms. The van der Waals surface area contributed by atoms with Crippen LogP contribution < -0.4 is 16.0 Å². The van der Waals surface area contributed by atoms with Gasteiger partial charge in [0.05, 0.1) is 0 Å². The lowest BCUT2D eigenvalue weighted by molar-refractivity contribution is 0.0962. The molecule has 0 spiro atoms. The number of nitrogens with two attached hydrogens (primary N) is 1. The van der Waals surface area contributed by atoms with Crippen LogP contribution in [0, 0.1) is 0 Å². The third kappa shape index (κ3) is 3.45. The number of carbonyl (C=O) groups is 1. The van der Waals surface area contributed by atoms with E-state index < -0.39 is 0 Å². The summed E-state index contributed by atoms with van der Waals surface area (Å²) in [5, 5.41) is 3.46. The SMILES string of the molecule is C=CCNC(=O)c1sc(N(C)CCC)nc1N. The normalized spacial score (nSPS) is 10.0. The number of thiazole rings is 1. The fraction of sp³-hybridized carbons (Fsp3) is 0.455. The van der Waals surface area contributed by atoms with Gasteiger partial charge in [-0.3, -0.25) is 4.79 Å². The van der Waals surface area contributed by atoms with E-state index in [1.807, 2.05) is 11.9 Å². The lowest BCUT2D eigenvalue weighted by Crippen LogP contribution is -2.23. The molecule has 0 unspecified atom stereocenters. The van der Waals surface area contributed by atoms with E-state index >= 15 is 0 Å². The largest absolute Gasteiger partial charge is 0.382 e. The van der Waals surface area contributed by atoms with Crippen LogP contribution in [0.25, 0.3) is 0 Å². The van der Waals surface area contributed by atoms with Crippen LogP contribution in [0.2, 0.25) is 0 Å². The van der Waals surface area contributed by atoms with Crippen LogP contribution in [0.5, 0.6) is 0 Å². The lowest BCUT2D eigenvalue weighted by atomic mass is 10.4. The van der Waals surface area contributed by atoms with Crippen molar-refractivity contribution in [1.82, 2.24) is 10.3 Å². The molecule has 0 bridgehead atoms. The Balaban J connectivity index is 2.80. The summed E-state index contributed by atoms with van der Waals surface area (Å²) < 4.78 is 0. The number of hydrogen-bond acceptors (Lipinski definition) is 5. The quantitative estimate of drug-likeness (QED) is 0.754. The molecule has 1 amide bonds. The van der Waals surface area contributed by atoms with Gasteiger partial charge < -0.3 is 16.0 Å². The molecular weight excluding hydrogens is 236 g/mol. The van der Waals surface area contributed by atoms with Crippen molar-refractivity contribution in [3.8, 4) is 0 Å². The van der Waals surface area contributed by atoms with Crippen molar-refractivity contribution in [2.24, 2.45) is 0 Å². The molecule has 0 fully saturated rings. The number of carbonyl (C=O) groups excluding carboxylic acids is 1. The van der Waals surface area contributed by atoms with Crippen molar-refractivity contribution in [2.45, 2.75) is 13.3 Å². The molecule has 0 atom stereocenters. The van der Waals surface area contributed by atoms with Crippen molar-refractivity contribution < 1.29 is 4.79 Å². The summed E-state index contributed by atoms with van der Waals surface area (Å²) in [5.74, 6) is 0.0885. The first-order valence-electron chi connectivity index (χ1n) is 5.46. The Labute approximate surface area is 105 Å². The minimum absolute atomic E-state index is 0.198. The van der Waals surface area contributed by atoms with Crippen LogP contribution in [0.15, 0.2) is 12.7 Å². The minimum Gasteiger partial charge on any atom is -0.382 e. The Morgan fingerprint density at radius 3 is 3.00 bits per heavy atom. The topological polar surface area (TPSA) is 71.2 Å². The van der Waals surface area contributed by atoms with Gasteiger partial charge in [0.2, 0.25) is 0 Å². The summed E-state index contributed by atoms with van der Waals surface area (Å²) in [6.45, 7) is 6.94. The molecule has 5 nitrogen and oxygen atoms in total. The number of anilines is 2. The maximum Gasteiger partial charge on any atom is 0.265 e. The summed E-state index contributed by atoms with van der Waals surface area (Å²) in [6.07, 6.45) is 2.65. The number of nitrogens with one attached hydrogen (secondary N) is 1. The highest BCUT2D eigenvalue weighted by Gasteiger charge is 2.17. The molecule has 1 aromatic rings. The Morgan fingerprint density at radius 2 is 2.41 bits per heavy atom. The molecule has 0 saturated heterocycles. The molecule has 1 rings (SSSR count). The molecule has 0 aliphatic carbocycles. The van der Waals surface area contributed by atoms with E-state index in [1.165, 1.54) is 11.3 Å². The maximum absolute atomic E-state index is 11.7. The van der Waals surface area contributed by atoms with Crippen LogP contribution in [0.1, 0.15) is 23.0 Å². The van der Waals surface area contributed by atoms with E-state index in [1.54, 1.807) is 6.08 Å². The molecule has 1 heterocycles. The van der Waals surface area contributed by atoms with Crippen LogP contribution in [0.4, 0.5) is 10.9 Å². The first-order chi connectivity index (χ1) is 8.10. The molecule has 0 radical (unpaired) electrons. The fourth-order valence-electron chi connectivity index (χ4n) is 1.32. The fourth-order valence-corrected chi connectivity index (χ4v) is 2.21. The number of hydrogen-bond donors (Lipinski definition) is 2. The standard InChI is InChI=1S/C11H18N4OS/c1-4-6-13-10(16)8-9(12)14-11(17-8)15(3)7-5-2/h4H,1,5-7,12H2,2-3H3,(H,13,16). The predicted molar refractivity (Wildman–Crippen MR) is 72.6 cm³/mol. The van der Waals surface area contributed by atoms with E-state index in [2.05, 4.69) is 23.8 Å². The van der Waals surface area contributed by atoms with E-state index in [4.69, 9.17) is 5.73 Å². The summed E-state index contributed by atoms with van der Waals surface area (Å²) in [6, 6.07) is 0. The smallest absolute Gasteiger partial charge is 0.265 e. The highest BCUT2D eigenvalue weighted by atomic mass is 32.1. The number of amides is 1. The van der Waals surface area contributed by atoms with Gasteiger partial charge in [-0.15, -0.1) is 6.58 Å². The van der Waals surface area contributed by atoms with Crippen molar-refractivity contribution in [3.05, 3.63) is 17.5 Å². The van der Waals surface area contributed by atoms with Crippen LogP contribution in [-0.4, -0.2) is 31.0 Å². The Kier molecular flexibility index (Phi) is 4.96. The number of nitrogen functional groups attached to an aromatic ring is 1. The molecular formula is C11H18N4OS. The van der Waals surface area contributed by atoms with Crippen molar-refractivity contribution in [3.63, 3.8) is 0 Å². The third-order valence-electron chi connectivity index (χ3n) is 2.14. The van der Waals surface area contributed by atoms with Gasteiger partial charge in [0.1, 0.15) is 10.7 Å². The van der Waals surface area contributed by atoms with Crippen molar-refractivity contribution in [2.75, 3.05) is 30.8 Å². The lowest BCUT2D eigenvalue weighted by Gasteiger charge is -2.13. The number of aromatic nitrogens is 1. The first kappa shape index (κ1) is 13.5. The van der Waals surface area contributed by atoms with Crippen LogP contribution >= 0.6 is 11.3 Å². The average Bonchev–Trinajstić information content (AvgIpc) is 2.68. The van der Waals surface area contributed by atoms with E-state index in [-0.39, 0.29) is 11.7 Å². The van der Waals surface area contributed by atoms with Gasteiger partial charge in [0.25, 0.3) is 5.91 Å². The Bertz CT molecular complexity index is 402. The Hall–Kier alpha value is -1.56. The second-order valence-corrected chi connectivity index (χ2v) is 4.61. The third-order valence-corrected chi connectivity index (χ3v) is 3.33. The minimum atomic E-state index is -0.198. The second-order valence-electron chi connectivity index (χ2n) is 3.63. The molecule has 3 N–H and O–H groups in total. The zero-order valence-corrected chi connectivity index (χ0v) is 11.0. The molecule has 0 saturated carbocycles. The van der Waals surface area contributed by atoms with Gasteiger partial charge in [-0.2, -0.15) is 0 Å². The number of nitrogens with zero attached hydrogens (tertiary/aromatic N) is 2. The summed E-state index contributed by atoms with van der Waals surface area (Å²) >= 11 is 1.31. The zero-order chi connectivity index (χ0) is 12.8. The predicted octanol–water partition coefficient (Wildman–Crippen LogP) is 1.49. The van der Waals surface area contributed by atoms with Gasteiger partial charge in [-0.25, -0.2) is 4.98 Å². The van der Waals surface area contributed by atoms with Crippen LogP contribution in [-0.2, 0) is 0 Å². The molecule has 0 aromatic carbocycles. The van der Waals surface area contributed by atoms with E-state index in [9.17, 15) is 4.79 Å². The first-order valence-corrected chi connectivity index (χ1v) is 6.28. The zero-order valence-electron chi connectivity index (χ0n) is 10.2. The molecule has 0 aliphatic rings. The Morgan fingerprint density at radius 1 is 1.71 bits per heavy atom. The van der Waals surface area contributed by atoms with Crippen LogP contribution in [0.3, 0.4) is 0 Å². The molecule has 1 aromatic heterocycles. The van der Waals surface area contributed by atoms with Gasteiger partial charge in [0.15, 0.2) is 5.13 Å². The molecule has 0 aliphatic heterocycles. The van der Waals surface area contributed by atoms with Gasteiger partial charge in [-0.1, -0.05) is 24.3 Å². The van der Waals surface area contributed by atoms with Gasteiger partial charge in [0, 0.05) is 20.1 Å². The average molecular weight is 254 g/mol. The van der Waals surface area contributed by atoms with Gasteiger partial charge in [-0.05, 0) is 6.42 Å². The van der Waals surface area contributed by atoms with Gasteiger partial charge >= 0.3 is 0 Å². The highest BCUT2D eigenvalue weighted by molar-refractivity contribution is 7.18.